The van der Waals surface area contributed by atoms with Crippen molar-refractivity contribution in [2.24, 2.45) is 5.41 Å². The number of amides is 1. The van der Waals surface area contributed by atoms with Crippen LogP contribution in [-0.2, 0) is 4.74 Å². The number of methoxy groups -OCH3 is 1. The summed E-state index contributed by atoms with van der Waals surface area (Å²) in [6.07, 6.45) is -1.39. The Hall–Kier alpha value is -3.66. The van der Waals surface area contributed by atoms with Crippen molar-refractivity contribution in [1.82, 2.24) is 5.32 Å². The standard InChI is InChI=1S/C28H28N2O4/c1-18(2)34-17-28(16-29)25(30-27(32)19-9-5-4-6-10-19)24-15-20(33-3)13-14-22(24)21-11-7-8-12-23(21)26(28)31/h4-15,18,25-26,31H,17H2,1-3H3,(H,30,32)/t25-,26-,28-/m1/s1. The Morgan fingerprint density at radius 3 is 2.41 bits per heavy atom. The van der Waals surface area contributed by atoms with Crippen molar-refractivity contribution >= 4 is 5.91 Å². The number of fused-ring (bicyclic) bond motifs is 3. The number of hydrogen-bond acceptors (Lipinski definition) is 5. The van der Waals surface area contributed by atoms with Gasteiger partial charge in [-0.3, -0.25) is 4.79 Å². The van der Waals surface area contributed by atoms with E-state index in [0.717, 1.165) is 11.1 Å². The zero-order valence-electron chi connectivity index (χ0n) is 19.5. The molecule has 0 saturated heterocycles. The highest BCUT2D eigenvalue weighted by Gasteiger charge is 2.51. The Kier molecular flexibility index (Phi) is 6.69. The Labute approximate surface area is 199 Å². The van der Waals surface area contributed by atoms with Gasteiger partial charge in [0.1, 0.15) is 17.3 Å². The molecule has 3 aromatic carbocycles. The molecule has 0 saturated carbocycles. The highest BCUT2D eigenvalue weighted by Crippen LogP contribution is 2.52. The lowest BCUT2D eigenvalue weighted by Gasteiger charge is -2.38. The van der Waals surface area contributed by atoms with Crippen molar-refractivity contribution in [2.75, 3.05) is 13.7 Å². The zero-order chi connectivity index (χ0) is 24.3. The largest absolute Gasteiger partial charge is 0.497 e. The monoisotopic (exact) mass is 456 g/mol. The maximum atomic E-state index is 13.3. The quantitative estimate of drug-likeness (QED) is 0.555. The van der Waals surface area contributed by atoms with Gasteiger partial charge in [0.25, 0.3) is 5.91 Å². The molecule has 4 rings (SSSR count). The van der Waals surface area contributed by atoms with Crippen LogP contribution >= 0.6 is 0 Å². The van der Waals surface area contributed by atoms with E-state index in [2.05, 4.69) is 11.4 Å². The van der Waals surface area contributed by atoms with Crippen LogP contribution in [0.15, 0.2) is 72.8 Å². The number of nitrogens with one attached hydrogen (secondary N) is 1. The number of nitriles is 1. The molecule has 1 aliphatic carbocycles. The summed E-state index contributed by atoms with van der Waals surface area (Å²) in [4.78, 5) is 13.3. The van der Waals surface area contributed by atoms with Crippen LogP contribution in [0.1, 0.15) is 47.5 Å². The minimum atomic E-state index is -1.50. The molecule has 0 fully saturated rings. The smallest absolute Gasteiger partial charge is 0.251 e. The third kappa shape index (κ3) is 4.16. The van der Waals surface area contributed by atoms with E-state index in [1.54, 1.807) is 31.4 Å². The van der Waals surface area contributed by atoms with Gasteiger partial charge in [0, 0.05) is 5.56 Å². The van der Waals surface area contributed by atoms with E-state index in [1.807, 2.05) is 62.4 Å². The summed E-state index contributed by atoms with van der Waals surface area (Å²) < 4.78 is 11.4. The third-order valence-electron chi connectivity index (χ3n) is 6.29. The maximum Gasteiger partial charge on any atom is 0.251 e. The molecule has 0 heterocycles. The fourth-order valence-electron chi connectivity index (χ4n) is 4.48. The second-order valence-corrected chi connectivity index (χ2v) is 8.73. The van der Waals surface area contributed by atoms with Crippen LogP contribution in [0.3, 0.4) is 0 Å². The Bertz CT molecular complexity index is 1220. The molecule has 2 N–H and O–H groups in total. The number of benzene rings is 3. The van der Waals surface area contributed by atoms with Gasteiger partial charge in [-0.1, -0.05) is 48.5 Å². The zero-order valence-corrected chi connectivity index (χ0v) is 19.5. The Morgan fingerprint density at radius 1 is 1.06 bits per heavy atom. The molecule has 0 spiro atoms. The maximum absolute atomic E-state index is 13.3. The minimum absolute atomic E-state index is 0.0763. The summed E-state index contributed by atoms with van der Waals surface area (Å²) in [6.45, 7) is 3.67. The molecule has 174 valence electrons. The Morgan fingerprint density at radius 2 is 1.74 bits per heavy atom. The molecular formula is C28H28N2O4. The third-order valence-corrected chi connectivity index (χ3v) is 6.29. The van der Waals surface area contributed by atoms with Gasteiger partial charge in [0.2, 0.25) is 0 Å². The number of carbonyl (C=O) groups is 1. The topological polar surface area (TPSA) is 91.6 Å². The predicted octanol–water partition coefficient (Wildman–Crippen LogP) is 4.82. The molecule has 0 unspecified atom stereocenters. The SMILES string of the molecule is COc1ccc2c(c1)[C@@H](NC(=O)c1ccccc1)[C@@](C#N)(COC(C)C)[C@H](O)c1ccccc1-2. The number of aliphatic hydroxyl groups excluding tert-OH is 1. The molecule has 3 aromatic rings. The van der Waals surface area contributed by atoms with Gasteiger partial charge in [-0.15, -0.1) is 0 Å². The molecule has 1 amide bonds. The molecule has 0 aromatic heterocycles. The van der Waals surface area contributed by atoms with Gasteiger partial charge >= 0.3 is 0 Å². The van der Waals surface area contributed by atoms with Crippen molar-refractivity contribution in [3.8, 4) is 22.9 Å². The van der Waals surface area contributed by atoms with Gasteiger partial charge in [-0.05, 0) is 60.4 Å². The fraction of sp³-hybridized carbons (Fsp3) is 0.286. The van der Waals surface area contributed by atoms with E-state index >= 15 is 0 Å². The molecule has 0 bridgehead atoms. The van der Waals surface area contributed by atoms with Gasteiger partial charge in [0.05, 0.1) is 31.9 Å². The molecule has 1 aliphatic rings. The van der Waals surface area contributed by atoms with E-state index in [-0.39, 0.29) is 18.6 Å². The number of ether oxygens (including phenoxy) is 2. The number of nitrogens with zero attached hydrogens (tertiary/aromatic N) is 1. The van der Waals surface area contributed by atoms with Gasteiger partial charge in [-0.2, -0.15) is 5.26 Å². The summed E-state index contributed by atoms with van der Waals surface area (Å²) in [6, 6.07) is 23.3. The van der Waals surface area contributed by atoms with Gasteiger partial charge < -0.3 is 19.9 Å². The lowest BCUT2D eigenvalue weighted by atomic mass is 9.73. The predicted molar refractivity (Wildman–Crippen MR) is 129 cm³/mol. The van der Waals surface area contributed by atoms with Gasteiger partial charge in [0.15, 0.2) is 0 Å². The molecule has 0 aliphatic heterocycles. The van der Waals surface area contributed by atoms with Crippen LogP contribution in [0, 0.1) is 16.7 Å². The first kappa shape index (κ1) is 23.5. The molecular weight excluding hydrogens is 428 g/mol. The van der Waals surface area contributed by atoms with Crippen molar-refractivity contribution < 1.29 is 19.4 Å². The fourth-order valence-corrected chi connectivity index (χ4v) is 4.48. The second kappa shape index (κ2) is 9.68. The molecule has 34 heavy (non-hydrogen) atoms. The number of carbonyl (C=O) groups excluding carboxylic acids is 1. The minimum Gasteiger partial charge on any atom is -0.497 e. The second-order valence-electron chi connectivity index (χ2n) is 8.73. The van der Waals surface area contributed by atoms with Crippen molar-refractivity contribution in [2.45, 2.75) is 32.1 Å². The van der Waals surface area contributed by atoms with E-state index in [0.29, 0.717) is 22.4 Å². The lowest BCUT2D eigenvalue weighted by Crippen LogP contribution is -2.46. The van der Waals surface area contributed by atoms with Gasteiger partial charge in [-0.25, -0.2) is 0 Å². The summed E-state index contributed by atoms with van der Waals surface area (Å²) >= 11 is 0. The van der Waals surface area contributed by atoms with Crippen LogP contribution in [0.2, 0.25) is 0 Å². The van der Waals surface area contributed by atoms with Crippen molar-refractivity contribution in [3.63, 3.8) is 0 Å². The normalized spacial score (nSPS) is 21.1. The number of rotatable bonds is 6. The summed E-state index contributed by atoms with van der Waals surface area (Å²) in [7, 11) is 1.57. The summed E-state index contributed by atoms with van der Waals surface area (Å²) in [5, 5.41) is 25.4. The molecule has 6 heteroatoms. The molecule has 3 atom stereocenters. The van der Waals surface area contributed by atoms with E-state index in [9.17, 15) is 15.2 Å². The summed E-state index contributed by atoms with van der Waals surface area (Å²) in [5.41, 5.74) is 1.87. The Balaban J connectivity index is 1.97. The molecule has 6 nitrogen and oxygen atoms in total. The first-order valence-corrected chi connectivity index (χ1v) is 11.3. The van der Waals surface area contributed by atoms with E-state index in [1.165, 1.54) is 0 Å². The lowest BCUT2D eigenvalue weighted by molar-refractivity contribution is -0.0502. The average molecular weight is 457 g/mol. The number of hydrogen-bond donors (Lipinski definition) is 2. The first-order chi connectivity index (χ1) is 16.4. The average Bonchev–Trinajstić information content (AvgIpc) is 2.95. The highest BCUT2D eigenvalue weighted by atomic mass is 16.5. The highest BCUT2D eigenvalue weighted by molar-refractivity contribution is 5.94. The van der Waals surface area contributed by atoms with Crippen molar-refractivity contribution in [3.05, 3.63) is 89.5 Å². The molecule has 0 radical (unpaired) electrons. The summed E-state index contributed by atoms with van der Waals surface area (Å²) in [5.74, 6) is 0.241. The van der Waals surface area contributed by atoms with Crippen LogP contribution in [0.5, 0.6) is 5.75 Å². The van der Waals surface area contributed by atoms with Crippen molar-refractivity contribution in [1.29, 1.82) is 5.26 Å². The van der Waals surface area contributed by atoms with Crippen LogP contribution in [0.4, 0.5) is 0 Å². The van der Waals surface area contributed by atoms with Crippen LogP contribution < -0.4 is 10.1 Å². The van der Waals surface area contributed by atoms with Crippen LogP contribution in [0.25, 0.3) is 11.1 Å². The van der Waals surface area contributed by atoms with Crippen LogP contribution in [-0.4, -0.2) is 30.8 Å². The first-order valence-electron chi connectivity index (χ1n) is 11.3. The van der Waals surface area contributed by atoms with E-state index < -0.39 is 17.6 Å². The number of aliphatic hydroxyl groups is 1. The van der Waals surface area contributed by atoms with E-state index in [4.69, 9.17) is 9.47 Å².